The van der Waals surface area contributed by atoms with Crippen LogP contribution in [-0.2, 0) is 37.2 Å². The van der Waals surface area contributed by atoms with Gasteiger partial charge in [-0.2, -0.15) is 13.2 Å². The van der Waals surface area contributed by atoms with Gasteiger partial charge in [0.15, 0.2) is 0 Å². The molecule has 2 unspecified atom stereocenters. The number of nitrogens with two attached hydrogens (primary N) is 3. The lowest BCUT2D eigenvalue weighted by atomic mass is 9.78. The van der Waals surface area contributed by atoms with Crippen LogP contribution in [0.15, 0.2) is 42.5 Å². The van der Waals surface area contributed by atoms with Gasteiger partial charge in [-0.25, -0.2) is 0 Å². The van der Waals surface area contributed by atoms with E-state index >= 15 is 0 Å². The lowest BCUT2D eigenvalue weighted by molar-refractivity contribution is -0.137. The monoisotopic (exact) mass is 592 g/mol. The maximum absolute atomic E-state index is 13.4. The Bertz CT molecular complexity index is 1270. The summed E-state index contributed by atoms with van der Waals surface area (Å²) in [6, 6.07) is 6.23. The first-order chi connectivity index (χ1) is 19.6. The Balaban J connectivity index is 1.75. The summed E-state index contributed by atoms with van der Waals surface area (Å²) in [6.45, 7) is 3.81. The smallest absolute Gasteiger partial charge is 0.423 e. The van der Waals surface area contributed by atoms with E-state index in [1.807, 2.05) is 0 Å². The highest BCUT2D eigenvalue weighted by Crippen LogP contribution is 2.32. The molecule has 0 aromatic heterocycles. The van der Waals surface area contributed by atoms with E-state index in [4.69, 9.17) is 21.9 Å². The third-order valence-corrected chi connectivity index (χ3v) is 6.95. The van der Waals surface area contributed by atoms with Crippen LogP contribution in [-0.4, -0.2) is 61.1 Å². The Kier molecular flexibility index (Phi) is 10.7. The molecule has 0 bridgehead atoms. The van der Waals surface area contributed by atoms with Gasteiger partial charge in [0.25, 0.3) is 0 Å². The normalized spacial score (nSPS) is 15.6. The molecule has 228 valence electrons. The third kappa shape index (κ3) is 8.52. The lowest BCUT2D eigenvalue weighted by Gasteiger charge is -2.23. The first kappa shape index (κ1) is 33.0. The largest absolute Gasteiger partial charge is 0.492 e. The topological polar surface area (TPSA) is 195 Å². The highest BCUT2D eigenvalue weighted by atomic mass is 19.4. The molecule has 2 aromatic rings. The Morgan fingerprint density at radius 2 is 1.67 bits per heavy atom. The molecule has 15 heteroatoms. The second kappa shape index (κ2) is 13.7. The number of hydrogen-bond donors (Lipinski definition) is 7. The van der Waals surface area contributed by atoms with Crippen LogP contribution < -0.4 is 38.6 Å². The molecular formula is C27H36BF3N6O5. The number of fused-ring (bicyclic) bond motifs is 1. The van der Waals surface area contributed by atoms with Crippen molar-refractivity contribution in [2.75, 3.05) is 18.4 Å². The zero-order valence-electron chi connectivity index (χ0n) is 23.3. The fourth-order valence-corrected chi connectivity index (χ4v) is 4.49. The molecule has 0 spiro atoms. The summed E-state index contributed by atoms with van der Waals surface area (Å²) >= 11 is 0. The summed E-state index contributed by atoms with van der Waals surface area (Å²) in [7, 11) is -1.12. The number of amides is 3. The SMILES string of the molecule is CC1(C)OB(O)c2ccc(NC(=O)C(Cc3ccc(C(F)(F)F)cc3)NC(=O)C(N)CCC(=O)NC(CN)CN)cc21. The molecular weight excluding hydrogens is 556 g/mol. The second-order valence-electron chi connectivity index (χ2n) is 10.6. The van der Waals surface area contributed by atoms with Gasteiger partial charge in [-0.3, -0.25) is 14.4 Å². The molecule has 0 saturated heterocycles. The van der Waals surface area contributed by atoms with Crippen molar-refractivity contribution in [3.05, 3.63) is 59.2 Å². The van der Waals surface area contributed by atoms with Crippen molar-refractivity contribution in [3.63, 3.8) is 0 Å². The number of rotatable bonds is 12. The van der Waals surface area contributed by atoms with Gasteiger partial charge in [-0.15, -0.1) is 0 Å². The number of benzene rings is 2. The number of hydrogen-bond acceptors (Lipinski definition) is 8. The van der Waals surface area contributed by atoms with Gasteiger partial charge in [-0.05, 0) is 61.1 Å². The molecule has 0 aliphatic carbocycles. The predicted molar refractivity (Wildman–Crippen MR) is 151 cm³/mol. The number of carbonyl (C=O) groups excluding carboxylic acids is 3. The van der Waals surface area contributed by atoms with E-state index in [1.165, 1.54) is 12.1 Å². The van der Waals surface area contributed by atoms with Crippen molar-refractivity contribution in [2.45, 2.75) is 63.0 Å². The standard InChI is InChI=1S/C27H36BF3N6O5/c1-26(2)19-12-17(7-8-20(19)28(41)42-26)36-25(40)22(11-15-3-5-16(6-4-15)27(29,30)31)37-24(39)21(34)9-10-23(38)35-18(13-32)14-33/h3-8,12,18,21-22,41H,9-11,13-14,32-34H2,1-2H3,(H,35,38)(H,36,40)(H,37,39). The molecule has 0 radical (unpaired) electrons. The predicted octanol–water partition coefficient (Wildman–Crippen LogP) is -0.166. The fourth-order valence-electron chi connectivity index (χ4n) is 4.49. The summed E-state index contributed by atoms with van der Waals surface area (Å²) in [4.78, 5) is 38.4. The van der Waals surface area contributed by atoms with Crippen LogP contribution in [0.1, 0.15) is 43.4 Å². The minimum absolute atomic E-state index is 0.0453. The first-order valence-corrected chi connectivity index (χ1v) is 13.4. The summed E-state index contributed by atoms with van der Waals surface area (Å²) in [5, 5.41) is 18.0. The van der Waals surface area contributed by atoms with Crippen LogP contribution >= 0.6 is 0 Å². The third-order valence-electron chi connectivity index (χ3n) is 6.95. The number of anilines is 1. The van der Waals surface area contributed by atoms with Crippen LogP contribution in [0.2, 0.25) is 0 Å². The number of nitrogens with one attached hydrogen (secondary N) is 3. The van der Waals surface area contributed by atoms with E-state index in [-0.39, 0.29) is 32.4 Å². The van der Waals surface area contributed by atoms with Gasteiger partial charge < -0.3 is 42.8 Å². The quantitative estimate of drug-likeness (QED) is 0.165. The zero-order chi connectivity index (χ0) is 31.2. The van der Waals surface area contributed by atoms with Gasteiger partial charge >= 0.3 is 13.3 Å². The molecule has 11 nitrogen and oxygen atoms in total. The van der Waals surface area contributed by atoms with E-state index < -0.39 is 60.3 Å². The van der Waals surface area contributed by atoms with Gasteiger partial charge in [0.1, 0.15) is 6.04 Å². The zero-order valence-corrected chi connectivity index (χ0v) is 23.3. The summed E-state index contributed by atoms with van der Waals surface area (Å²) in [5.74, 6) is -1.78. The highest BCUT2D eigenvalue weighted by molar-refractivity contribution is 6.62. The Hall–Kier alpha value is -3.50. The van der Waals surface area contributed by atoms with E-state index in [0.717, 1.165) is 12.1 Å². The second-order valence-corrected chi connectivity index (χ2v) is 10.6. The summed E-state index contributed by atoms with van der Waals surface area (Å²) < 4.78 is 44.6. The molecule has 1 aliphatic rings. The molecule has 1 aliphatic heterocycles. The first-order valence-electron chi connectivity index (χ1n) is 13.4. The highest BCUT2D eigenvalue weighted by Gasteiger charge is 2.40. The molecule has 0 fully saturated rings. The number of alkyl halides is 3. The maximum atomic E-state index is 13.4. The molecule has 3 amide bonds. The van der Waals surface area contributed by atoms with Crippen LogP contribution in [0, 0.1) is 0 Å². The minimum atomic E-state index is -4.53. The van der Waals surface area contributed by atoms with Crippen molar-refractivity contribution in [1.29, 1.82) is 0 Å². The Labute approximate surface area is 241 Å². The van der Waals surface area contributed by atoms with Crippen LogP contribution in [0.5, 0.6) is 0 Å². The van der Waals surface area contributed by atoms with Gasteiger partial charge in [0.05, 0.1) is 23.2 Å². The average Bonchev–Trinajstić information content (AvgIpc) is 3.16. The molecule has 2 aromatic carbocycles. The maximum Gasteiger partial charge on any atom is 0.492 e. The van der Waals surface area contributed by atoms with Crippen molar-refractivity contribution >= 4 is 36.0 Å². The summed E-state index contributed by atoms with van der Waals surface area (Å²) in [6.07, 6.45) is -4.82. The molecule has 10 N–H and O–H groups in total. The minimum Gasteiger partial charge on any atom is -0.423 e. The van der Waals surface area contributed by atoms with Crippen molar-refractivity contribution in [2.24, 2.45) is 17.2 Å². The Morgan fingerprint density at radius 1 is 1.02 bits per heavy atom. The van der Waals surface area contributed by atoms with Gasteiger partial charge in [-0.1, -0.05) is 18.2 Å². The van der Waals surface area contributed by atoms with Crippen LogP contribution in [0.25, 0.3) is 0 Å². The number of carbonyl (C=O) groups is 3. The van der Waals surface area contributed by atoms with Crippen molar-refractivity contribution < 1.29 is 37.2 Å². The van der Waals surface area contributed by atoms with Crippen LogP contribution in [0.3, 0.4) is 0 Å². The van der Waals surface area contributed by atoms with E-state index in [1.54, 1.807) is 32.0 Å². The van der Waals surface area contributed by atoms with Gasteiger partial charge in [0.2, 0.25) is 17.7 Å². The van der Waals surface area contributed by atoms with E-state index in [0.29, 0.717) is 22.3 Å². The van der Waals surface area contributed by atoms with Crippen molar-refractivity contribution in [3.8, 4) is 0 Å². The number of halogens is 3. The fraction of sp³-hybridized carbons (Fsp3) is 0.444. The molecule has 1 heterocycles. The van der Waals surface area contributed by atoms with E-state index in [2.05, 4.69) is 16.0 Å². The molecule has 2 atom stereocenters. The van der Waals surface area contributed by atoms with Crippen molar-refractivity contribution in [1.82, 2.24) is 10.6 Å². The van der Waals surface area contributed by atoms with Crippen LogP contribution in [0.4, 0.5) is 18.9 Å². The molecule has 3 rings (SSSR count). The molecule has 0 saturated carbocycles. The summed E-state index contributed by atoms with van der Waals surface area (Å²) in [5.41, 5.74) is 17.3. The van der Waals surface area contributed by atoms with Gasteiger partial charge in [0, 0.05) is 31.6 Å². The molecule has 42 heavy (non-hydrogen) atoms. The van der Waals surface area contributed by atoms with E-state index in [9.17, 15) is 32.6 Å². The Morgan fingerprint density at radius 3 is 2.26 bits per heavy atom. The average molecular weight is 592 g/mol. The lowest BCUT2D eigenvalue weighted by Crippen LogP contribution is -2.51.